The number of carboxylic acid groups (broad SMARTS) is 1. The second-order valence-corrected chi connectivity index (χ2v) is 4.17. The zero-order valence-corrected chi connectivity index (χ0v) is 10.4. The number of nitrogens with two attached hydrogens (primary N) is 1. The molecule has 0 aliphatic rings. The first-order chi connectivity index (χ1) is 8.50. The number of benzene rings is 1. The lowest BCUT2D eigenvalue weighted by Crippen LogP contribution is -2.13. The minimum Gasteiger partial charge on any atom is -0.481 e. The first-order valence-electron chi connectivity index (χ1n) is 5.87. The van der Waals surface area contributed by atoms with Gasteiger partial charge in [-0.05, 0) is 43.5 Å². The number of hydrogen-bond acceptors (Lipinski definition) is 3. The smallest absolute Gasteiger partial charge is 0.303 e. The average Bonchev–Trinajstić information content (AvgIpc) is 2.27. The van der Waals surface area contributed by atoms with E-state index in [9.17, 15) is 9.59 Å². The molecule has 1 aromatic rings. The summed E-state index contributed by atoms with van der Waals surface area (Å²) in [6, 6.07) is 5.35. The normalized spacial score (nSPS) is 10.1. The maximum atomic E-state index is 11.0. The van der Waals surface area contributed by atoms with Crippen molar-refractivity contribution in [3.8, 4) is 0 Å². The molecule has 1 aromatic carbocycles. The van der Waals surface area contributed by atoms with Gasteiger partial charge in [-0.15, -0.1) is 0 Å². The Hall–Kier alpha value is -2.04. The van der Waals surface area contributed by atoms with Crippen LogP contribution in [0.5, 0.6) is 0 Å². The van der Waals surface area contributed by atoms with Crippen LogP contribution in [0.1, 0.15) is 35.2 Å². The Morgan fingerprint density at radius 1 is 1.33 bits per heavy atom. The molecule has 0 radical (unpaired) electrons. The van der Waals surface area contributed by atoms with Crippen LogP contribution in [0.4, 0.5) is 5.69 Å². The first kappa shape index (κ1) is 14.0. The van der Waals surface area contributed by atoms with Crippen LogP contribution in [0.3, 0.4) is 0 Å². The molecule has 0 aliphatic carbocycles. The summed E-state index contributed by atoms with van der Waals surface area (Å²) < 4.78 is 0. The number of unbranched alkanes of at least 4 members (excludes halogenated alkanes) is 1. The van der Waals surface area contributed by atoms with Gasteiger partial charge in [-0.3, -0.25) is 9.59 Å². The molecule has 5 heteroatoms. The van der Waals surface area contributed by atoms with Gasteiger partial charge in [0.1, 0.15) is 0 Å². The largest absolute Gasteiger partial charge is 0.481 e. The van der Waals surface area contributed by atoms with Crippen LogP contribution in [0, 0.1) is 6.92 Å². The summed E-state index contributed by atoms with van der Waals surface area (Å²) in [6.45, 7) is 2.54. The highest BCUT2D eigenvalue weighted by Crippen LogP contribution is 2.14. The van der Waals surface area contributed by atoms with Crippen molar-refractivity contribution in [3.63, 3.8) is 0 Å². The SMILES string of the molecule is Cc1cc(NCCCCC(=O)O)ccc1C(N)=O. The molecule has 0 heterocycles. The zero-order valence-electron chi connectivity index (χ0n) is 10.4. The Kier molecular flexibility index (Phi) is 5.17. The van der Waals surface area contributed by atoms with E-state index in [4.69, 9.17) is 10.8 Å². The van der Waals surface area contributed by atoms with Crippen molar-refractivity contribution < 1.29 is 14.7 Å². The molecule has 0 saturated carbocycles. The molecular weight excluding hydrogens is 232 g/mol. The zero-order chi connectivity index (χ0) is 13.5. The van der Waals surface area contributed by atoms with E-state index in [2.05, 4.69) is 5.32 Å². The van der Waals surface area contributed by atoms with E-state index in [0.717, 1.165) is 17.7 Å². The summed E-state index contributed by atoms with van der Waals surface area (Å²) in [7, 11) is 0. The van der Waals surface area contributed by atoms with Crippen LogP contribution < -0.4 is 11.1 Å². The number of aliphatic carboxylic acids is 1. The maximum Gasteiger partial charge on any atom is 0.303 e. The fourth-order valence-corrected chi connectivity index (χ4v) is 1.68. The number of carbonyl (C=O) groups is 2. The number of nitrogens with one attached hydrogen (secondary N) is 1. The third-order valence-corrected chi connectivity index (χ3v) is 2.64. The van der Waals surface area contributed by atoms with Crippen molar-refractivity contribution in [2.24, 2.45) is 5.73 Å². The number of aryl methyl sites for hydroxylation is 1. The van der Waals surface area contributed by atoms with Crippen molar-refractivity contribution in [1.82, 2.24) is 0 Å². The van der Waals surface area contributed by atoms with Crippen LogP contribution in [0.2, 0.25) is 0 Å². The van der Waals surface area contributed by atoms with Crippen molar-refractivity contribution in [2.75, 3.05) is 11.9 Å². The lowest BCUT2D eigenvalue weighted by molar-refractivity contribution is -0.137. The molecule has 0 atom stereocenters. The molecule has 1 rings (SSSR count). The summed E-state index contributed by atoms with van der Waals surface area (Å²) >= 11 is 0. The van der Waals surface area contributed by atoms with E-state index in [0.29, 0.717) is 18.5 Å². The van der Waals surface area contributed by atoms with E-state index in [-0.39, 0.29) is 6.42 Å². The maximum absolute atomic E-state index is 11.0. The molecule has 0 aliphatic heterocycles. The Bertz CT molecular complexity index is 444. The molecule has 0 saturated heterocycles. The van der Waals surface area contributed by atoms with Gasteiger partial charge in [0, 0.05) is 24.2 Å². The van der Waals surface area contributed by atoms with Crippen LogP contribution in [0.15, 0.2) is 18.2 Å². The van der Waals surface area contributed by atoms with Crippen LogP contribution in [-0.2, 0) is 4.79 Å². The molecule has 1 amide bonds. The standard InChI is InChI=1S/C13H18N2O3/c1-9-8-10(5-6-11(9)13(14)18)15-7-3-2-4-12(16)17/h5-6,8,15H,2-4,7H2,1H3,(H2,14,18)(H,16,17). The lowest BCUT2D eigenvalue weighted by atomic mass is 10.1. The number of carboxylic acids is 1. The van der Waals surface area contributed by atoms with Gasteiger partial charge in [0.05, 0.1) is 0 Å². The van der Waals surface area contributed by atoms with Gasteiger partial charge in [0.25, 0.3) is 0 Å². The van der Waals surface area contributed by atoms with Crippen molar-refractivity contribution in [1.29, 1.82) is 0 Å². The minimum absolute atomic E-state index is 0.196. The predicted octanol–water partition coefficient (Wildman–Crippen LogP) is 1.76. The second-order valence-electron chi connectivity index (χ2n) is 4.17. The number of carbonyl (C=O) groups excluding carboxylic acids is 1. The molecule has 5 nitrogen and oxygen atoms in total. The first-order valence-corrected chi connectivity index (χ1v) is 5.87. The molecule has 0 fully saturated rings. The molecule has 0 bridgehead atoms. The van der Waals surface area contributed by atoms with Crippen LogP contribution in [0.25, 0.3) is 0 Å². The Labute approximate surface area is 106 Å². The van der Waals surface area contributed by atoms with Crippen LogP contribution >= 0.6 is 0 Å². The van der Waals surface area contributed by atoms with Gasteiger partial charge in [-0.2, -0.15) is 0 Å². The monoisotopic (exact) mass is 250 g/mol. The average molecular weight is 250 g/mol. The highest BCUT2D eigenvalue weighted by Gasteiger charge is 2.04. The summed E-state index contributed by atoms with van der Waals surface area (Å²) in [6.07, 6.45) is 1.64. The summed E-state index contributed by atoms with van der Waals surface area (Å²) in [5.74, 6) is -1.20. The lowest BCUT2D eigenvalue weighted by Gasteiger charge is -2.08. The summed E-state index contributed by atoms with van der Waals surface area (Å²) in [4.78, 5) is 21.4. The predicted molar refractivity (Wildman–Crippen MR) is 69.7 cm³/mol. The minimum atomic E-state index is -0.767. The van der Waals surface area contributed by atoms with Crippen molar-refractivity contribution >= 4 is 17.6 Å². The molecule has 4 N–H and O–H groups in total. The number of anilines is 1. The molecule has 18 heavy (non-hydrogen) atoms. The second kappa shape index (κ2) is 6.64. The Morgan fingerprint density at radius 3 is 2.61 bits per heavy atom. The highest BCUT2D eigenvalue weighted by atomic mass is 16.4. The molecule has 0 unspecified atom stereocenters. The summed E-state index contributed by atoms with van der Waals surface area (Å²) in [5, 5.41) is 11.7. The van der Waals surface area contributed by atoms with E-state index < -0.39 is 11.9 Å². The number of primary amides is 1. The Morgan fingerprint density at radius 2 is 2.06 bits per heavy atom. The molecule has 98 valence electrons. The molecule has 0 spiro atoms. The van der Waals surface area contributed by atoms with Gasteiger partial charge in [-0.25, -0.2) is 0 Å². The molecular formula is C13H18N2O3. The van der Waals surface area contributed by atoms with Gasteiger partial charge in [-0.1, -0.05) is 0 Å². The fourth-order valence-electron chi connectivity index (χ4n) is 1.68. The van der Waals surface area contributed by atoms with E-state index >= 15 is 0 Å². The fraction of sp³-hybridized carbons (Fsp3) is 0.385. The van der Waals surface area contributed by atoms with Crippen LogP contribution in [-0.4, -0.2) is 23.5 Å². The Balaban J connectivity index is 2.42. The number of hydrogen-bond donors (Lipinski definition) is 3. The van der Waals surface area contributed by atoms with Crippen molar-refractivity contribution in [3.05, 3.63) is 29.3 Å². The highest BCUT2D eigenvalue weighted by molar-refractivity contribution is 5.94. The third-order valence-electron chi connectivity index (χ3n) is 2.64. The van der Waals surface area contributed by atoms with Gasteiger partial charge in [0.15, 0.2) is 0 Å². The molecule has 0 aromatic heterocycles. The number of rotatable bonds is 7. The van der Waals surface area contributed by atoms with Gasteiger partial charge in [0.2, 0.25) is 5.91 Å². The number of amides is 1. The third kappa shape index (κ3) is 4.45. The quantitative estimate of drug-likeness (QED) is 0.643. The van der Waals surface area contributed by atoms with Crippen molar-refractivity contribution in [2.45, 2.75) is 26.2 Å². The van der Waals surface area contributed by atoms with Gasteiger partial charge >= 0.3 is 5.97 Å². The van der Waals surface area contributed by atoms with E-state index in [1.54, 1.807) is 12.1 Å². The summed E-state index contributed by atoms with van der Waals surface area (Å²) in [5.41, 5.74) is 7.48. The van der Waals surface area contributed by atoms with Gasteiger partial charge < -0.3 is 16.2 Å². The van der Waals surface area contributed by atoms with E-state index in [1.165, 1.54) is 0 Å². The topological polar surface area (TPSA) is 92.4 Å². The van der Waals surface area contributed by atoms with E-state index in [1.807, 2.05) is 13.0 Å².